The molecule has 1 aromatic rings. The zero-order chi connectivity index (χ0) is 25.3. The highest BCUT2D eigenvalue weighted by Gasteiger charge is 2.39. The first-order valence-electron chi connectivity index (χ1n) is 11.5. The first-order valence-corrected chi connectivity index (χ1v) is 11.5. The van der Waals surface area contributed by atoms with Crippen molar-refractivity contribution in [1.82, 2.24) is 4.90 Å². The maximum Gasteiger partial charge on any atom is 0.416 e. The van der Waals surface area contributed by atoms with Crippen molar-refractivity contribution < 1.29 is 35.9 Å². The average molecular weight is 493 g/mol. The normalized spacial score (nSPS) is 23.6. The molecule has 0 aromatic heterocycles. The largest absolute Gasteiger partial charge is 0.416 e. The molecule has 2 N–H and O–H groups in total. The number of benzene rings is 1. The van der Waals surface area contributed by atoms with E-state index in [1.807, 2.05) is 6.92 Å². The standard InChI is InChI=1S/C24H30F6N2O2/c1-22(6-8-32(9-7-22)21(34)19-4-2-3-5-20(19)31)14-18(33)12-15-10-16(23(25,26)27)13-17(11-15)24(28,29)30/h10-11,13,19-20H,2-9,12,14,31H2,1H3/t19-,20-/m0/s1. The second-order valence-corrected chi connectivity index (χ2v) is 10.00. The van der Waals surface area contributed by atoms with Crippen molar-refractivity contribution in [3.8, 4) is 0 Å². The van der Waals surface area contributed by atoms with E-state index in [1.165, 1.54) is 0 Å². The number of carbonyl (C=O) groups excluding carboxylic acids is 2. The van der Waals surface area contributed by atoms with Crippen molar-refractivity contribution in [2.45, 2.75) is 76.7 Å². The van der Waals surface area contributed by atoms with Gasteiger partial charge >= 0.3 is 12.4 Å². The lowest BCUT2D eigenvalue weighted by molar-refractivity contribution is -0.143. The van der Waals surface area contributed by atoms with Gasteiger partial charge in [-0.15, -0.1) is 0 Å². The Morgan fingerprint density at radius 1 is 0.971 bits per heavy atom. The van der Waals surface area contributed by atoms with Gasteiger partial charge in [-0.2, -0.15) is 26.3 Å². The summed E-state index contributed by atoms with van der Waals surface area (Å²) in [4.78, 5) is 27.3. The van der Waals surface area contributed by atoms with Crippen LogP contribution in [0.2, 0.25) is 0 Å². The Hall–Kier alpha value is -2.10. The summed E-state index contributed by atoms with van der Waals surface area (Å²) >= 11 is 0. The molecule has 10 heteroatoms. The summed E-state index contributed by atoms with van der Waals surface area (Å²) in [6.45, 7) is 2.77. The molecule has 1 saturated carbocycles. The van der Waals surface area contributed by atoms with Gasteiger partial charge in [-0.25, -0.2) is 0 Å². The van der Waals surface area contributed by atoms with Crippen LogP contribution in [-0.2, 0) is 28.4 Å². The first kappa shape index (κ1) is 26.5. The minimum absolute atomic E-state index is 0.0234. The van der Waals surface area contributed by atoms with Gasteiger partial charge in [0.1, 0.15) is 5.78 Å². The van der Waals surface area contributed by atoms with Crippen LogP contribution in [0.1, 0.15) is 68.6 Å². The van der Waals surface area contributed by atoms with E-state index in [0.717, 1.165) is 25.7 Å². The van der Waals surface area contributed by atoms with E-state index >= 15 is 0 Å². The highest BCUT2D eigenvalue weighted by atomic mass is 19.4. The Morgan fingerprint density at radius 3 is 2.00 bits per heavy atom. The zero-order valence-corrected chi connectivity index (χ0v) is 19.1. The van der Waals surface area contributed by atoms with E-state index in [9.17, 15) is 35.9 Å². The molecular weight excluding hydrogens is 462 g/mol. The minimum Gasteiger partial charge on any atom is -0.342 e. The molecule has 0 spiro atoms. The number of likely N-dealkylation sites (tertiary alicyclic amines) is 1. The minimum atomic E-state index is -4.95. The summed E-state index contributed by atoms with van der Waals surface area (Å²) in [5.74, 6) is -0.586. The smallest absolute Gasteiger partial charge is 0.342 e. The lowest BCUT2D eigenvalue weighted by atomic mass is 9.75. The number of halogens is 6. The van der Waals surface area contributed by atoms with E-state index in [4.69, 9.17) is 5.73 Å². The fraction of sp³-hybridized carbons (Fsp3) is 0.667. The average Bonchev–Trinajstić information content (AvgIpc) is 2.72. The molecule has 1 amide bonds. The first-order chi connectivity index (χ1) is 15.7. The number of hydrogen-bond acceptors (Lipinski definition) is 3. The molecular formula is C24H30F6N2O2. The number of Topliss-reactive ketones (excluding diaryl/α,β-unsaturated/α-hetero) is 1. The third-order valence-electron chi connectivity index (χ3n) is 7.09. The van der Waals surface area contributed by atoms with Gasteiger partial charge in [-0.05, 0) is 54.9 Å². The molecule has 1 heterocycles. The number of rotatable bonds is 5. The summed E-state index contributed by atoms with van der Waals surface area (Å²) in [6.07, 6.45) is -5.76. The predicted molar refractivity (Wildman–Crippen MR) is 114 cm³/mol. The van der Waals surface area contributed by atoms with Crippen LogP contribution in [0.5, 0.6) is 0 Å². The summed E-state index contributed by atoms with van der Waals surface area (Å²) in [7, 11) is 0. The molecule has 2 atom stereocenters. The fourth-order valence-electron chi connectivity index (χ4n) is 5.03. The zero-order valence-electron chi connectivity index (χ0n) is 19.1. The maximum absolute atomic E-state index is 13.1. The predicted octanol–water partition coefficient (Wildman–Crippen LogP) is 5.37. The third-order valence-corrected chi connectivity index (χ3v) is 7.09. The molecule has 1 aromatic carbocycles. The van der Waals surface area contributed by atoms with Crippen molar-refractivity contribution >= 4 is 11.7 Å². The van der Waals surface area contributed by atoms with Crippen LogP contribution in [0.4, 0.5) is 26.3 Å². The second-order valence-electron chi connectivity index (χ2n) is 10.00. The van der Waals surface area contributed by atoms with Gasteiger partial charge in [-0.1, -0.05) is 19.8 Å². The molecule has 1 aliphatic heterocycles. The Morgan fingerprint density at radius 2 is 1.50 bits per heavy atom. The van der Waals surface area contributed by atoms with Gasteiger partial charge in [-0.3, -0.25) is 9.59 Å². The van der Waals surface area contributed by atoms with Crippen molar-refractivity contribution in [3.63, 3.8) is 0 Å². The summed E-state index contributed by atoms with van der Waals surface area (Å²) < 4.78 is 78.5. The molecule has 0 unspecified atom stereocenters. The summed E-state index contributed by atoms with van der Waals surface area (Å²) in [6, 6.07) is 1.11. The fourth-order valence-corrected chi connectivity index (χ4v) is 5.03. The molecule has 0 radical (unpaired) electrons. The van der Waals surface area contributed by atoms with E-state index < -0.39 is 41.1 Å². The molecule has 2 fully saturated rings. The number of piperidine rings is 1. The Labute approximate surface area is 194 Å². The van der Waals surface area contributed by atoms with Gasteiger partial charge in [0.25, 0.3) is 0 Å². The maximum atomic E-state index is 13.1. The van der Waals surface area contributed by atoms with E-state index in [0.29, 0.717) is 38.1 Å². The summed E-state index contributed by atoms with van der Waals surface area (Å²) in [5, 5.41) is 0. The van der Waals surface area contributed by atoms with Crippen LogP contribution in [0.15, 0.2) is 18.2 Å². The third kappa shape index (κ3) is 6.52. The lowest BCUT2D eigenvalue weighted by Crippen LogP contribution is -2.49. The van der Waals surface area contributed by atoms with Crippen LogP contribution in [0.25, 0.3) is 0 Å². The molecule has 0 bridgehead atoms. The van der Waals surface area contributed by atoms with Crippen molar-refractivity contribution in [2.75, 3.05) is 13.1 Å². The summed E-state index contributed by atoms with van der Waals surface area (Å²) in [5.41, 5.74) is 2.48. The number of ketones is 1. The Kier molecular flexibility index (Phi) is 7.70. The molecule has 3 rings (SSSR count). The second kappa shape index (κ2) is 9.87. The van der Waals surface area contributed by atoms with Crippen LogP contribution in [-0.4, -0.2) is 35.7 Å². The number of alkyl halides is 6. The van der Waals surface area contributed by atoms with Crippen LogP contribution < -0.4 is 5.73 Å². The molecule has 4 nitrogen and oxygen atoms in total. The highest BCUT2D eigenvalue weighted by molar-refractivity contribution is 5.82. The van der Waals surface area contributed by atoms with Crippen molar-refractivity contribution in [3.05, 3.63) is 34.9 Å². The van der Waals surface area contributed by atoms with Gasteiger partial charge in [0.15, 0.2) is 0 Å². The quantitative estimate of drug-likeness (QED) is 0.562. The van der Waals surface area contributed by atoms with E-state index in [2.05, 4.69) is 0 Å². The van der Waals surface area contributed by atoms with E-state index in [1.54, 1.807) is 4.90 Å². The van der Waals surface area contributed by atoms with Crippen molar-refractivity contribution in [2.24, 2.45) is 17.1 Å². The molecule has 190 valence electrons. The van der Waals surface area contributed by atoms with Crippen LogP contribution >= 0.6 is 0 Å². The molecule has 1 saturated heterocycles. The highest BCUT2D eigenvalue weighted by Crippen LogP contribution is 2.38. The SMILES string of the molecule is CC1(CC(=O)Cc2cc(C(F)(F)F)cc(C(F)(F)F)c2)CCN(C(=O)[C@H]2CCCC[C@@H]2N)CC1. The lowest BCUT2D eigenvalue weighted by Gasteiger charge is -2.41. The van der Waals surface area contributed by atoms with Gasteiger partial charge in [0.05, 0.1) is 17.0 Å². The number of carbonyl (C=O) groups is 2. The van der Waals surface area contributed by atoms with Gasteiger partial charge < -0.3 is 10.6 Å². The Balaban J connectivity index is 1.62. The van der Waals surface area contributed by atoms with Gasteiger partial charge in [0, 0.05) is 32.0 Å². The monoisotopic (exact) mass is 492 g/mol. The molecule has 34 heavy (non-hydrogen) atoms. The number of nitrogens with zero attached hydrogens (tertiary/aromatic N) is 1. The van der Waals surface area contributed by atoms with Crippen LogP contribution in [0.3, 0.4) is 0 Å². The van der Waals surface area contributed by atoms with Crippen LogP contribution in [0, 0.1) is 11.3 Å². The number of nitrogens with two attached hydrogens (primary N) is 1. The Bertz CT molecular complexity index is 871. The molecule has 1 aliphatic carbocycles. The van der Waals surface area contributed by atoms with Crippen molar-refractivity contribution in [1.29, 1.82) is 0 Å². The molecule has 2 aliphatic rings. The topological polar surface area (TPSA) is 63.4 Å². The van der Waals surface area contributed by atoms with E-state index in [-0.39, 0.29) is 35.9 Å². The van der Waals surface area contributed by atoms with Gasteiger partial charge in [0.2, 0.25) is 5.91 Å². The number of amides is 1. The number of hydrogen-bond donors (Lipinski definition) is 1.